The van der Waals surface area contributed by atoms with Gasteiger partial charge in [0.25, 0.3) is 5.91 Å². The molecule has 0 bridgehead atoms. The number of hydrogen-bond acceptors (Lipinski definition) is 7. The first kappa shape index (κ1) is 18.6. The third kappa shape index (κ3) is 3.80. The monoisotopic (exact) mass is 410 g/mol. The molecule has 29 heavy (non-hydrogen) atoms. The van der Waals surface area contributed by atoms with Crippen molar-refractivity contribution in [2.24, 2.45) is 5.73 Å². The van der Waals surface area contributed by atoms with Crippen LogP contribution in [0.25, 0.3) is 10.9 Å². The molecule has 0 radical (unpaired) electrons. The number of amides is 2. The molecule has 11 heteroatoms. The predicted octanol–water partition coefficient (Wildman–Crippen LogP) is 2.31. The summed E-state index contributed by atoms with van der Waals surface area (Å²) in [6.45, 7) is 3.74. The minimum Gasteiger partial charge on any atom is -0.368 e. The quantitative estimate of drug-likeness (QED) is 0.384. The van der Waals surface area contributed by atoms with Gasteiger partial charge in [0.1, 0.15) is 11.4 Å². The van der Waals surface area contributed by atoms with E-state index in [1.807, 2.05) is 26.0 Å². The lowest BCUT2D eigenvalue weighted by Crippen LogP contribution is -2.20. The number of nitrogens with zero attached hydrogens (tertiary/aromatic N) is 4. The topological polar surface area (TPSA) is 144 Å². The maximum atomic E-state index is 12.7. The Bertz CT molecular complexity index is 1220. The van der Waals surface area contributed by atoms with Crippen molar-refractivity contribution >= 4 is 50.7 Å². The highest BCUT2D eigenvalue weighted by molar-refractivity contribution is 7.17. The van der Waals surface area contributed by atoms with E-state index in [-0.39, 0.29) is 12.5 Å². The van der Waals surface area contributed by atoms with Gasteiger partial charge in [-0.1, -0.05) is 17.4 Å². The number of primary amides is 1. The van der Waals surface area contributed by atoms with E-state index in [0.717, 1.165) is 22.2 Å². The molecule has 0 aliphatic rings. The second-order valence-electron chi connectivity index (χ2n) is 6.49. The van der Waals surface area contributed by atoms with Gasteiger partial charge in [0.05, 0.1) is 23.6 Å². The minimum absolute atomic E-state index is 0.00204. The summed E-state index contributed by atoms with van der Waals surface area (Å²) < 4.78 is 1.50. The fourth-order valence-corrected chi connectivity index (χ4v) is 3.61. The number of nitrogens with two attached hydrogens (primary N) is 1. The van der Waals surface area contributed by atoms with Crippen molar-refractivity contribution in [3.8, 4) is 0 Å². The van der Waals surface area contributed by atoms with E-state index in [0.29, 0.717) is 21.5 Å². The first-order valence-electron chi connectivity index (χ1n) is 8.70. The summed E-state index contributed by atoms with van der Waals surface area (Å²) in [6, 6.07) is 5.61. The molecule has 1 aromatic carbocycles. The van der Waals surface area contributed by atoms with Crippen LogP contribution >= 0.6 is 11.3 Å². The Morgan fingerprint density at radius 3 is 2.90 bits per heavy atom. The van der Waals surface area contributed by atoms with Crippen molar-refractivity contribution in [3.05, 3.63) is 46.7 Å². The van der Waals surface area contributed by atoms with E-state index in [9.17, 15) is 9.59 Å². The zero-order valence-electron chi connectivity index (χ0n) is 15.7. The van der Waals surface area contributed by atoms with Crippen LogP contribution in [0, 0.1) is 13.8 Å². The van der Waals surface area contributed by atoms with Crippen LogP contribution in [-0.4, -0.2) is 36.8 Å². The molecule has 0 atom stereocenters. The third-order valence-electron chi connectivity index (χ3n) is 4.32. The SMILES string of the molecule is Cc1ccc2[nH]ncc2c1NC(=O)c1cnc(Nc2cc(C)n(CC(N)=O)n2)s1. The number of aryl methyl sites for hydroxylation is 2. The summed E-state index contributed by atoms with van der Waals surface area (Å²) in [4.78, 5) is 28.5. The van der Waals surface area contributed by atoms with E-state index >= 15 is 0 Å². The number of carbonyl (C=O) groups excluding carboxylic acids is 2. The van der Waals surface area contributed by atoms with E-state index in [1.165, 1.54) is 22.2 Å². The van der Waals surface area contributed by atoms with E-state index in [1.54, 1.807) is 12.3 Å². The number of fused-ring (bicyclic) bond motifs is 1. The molecule has 10 nitrogen and oxygen atoms in total. The van der Waals surface area contributed by atoms with Gasteiger partial charge in [-0.25, -0.2) is 4.98 Å². The van der Waals surface area contributed by atoms with Crippen LogP contribution in [0.1, 0.15) is 20.9 Å². The largest absolute Gasteiger partial charge is 0.368 e. The third-order valence-corrected chi connectivity index (χ3v) is 5.23. The fourth-order valence-electron chi connectivity index (χ4n) is 2.89. The van der Waals surface area contributed by atoms with E-state index in [2.05, 4.69) is 30.9 Å². The summed E-state index contributed by atoms with van der Waals surface area (Å²) >= 11 is 1.20. The Labute approximate surface area is 169 Å². The molecule has 0 spiro atoms. The molecule has 5 N–H and O–H groups in total. The van der Waals surface area contributed by atoms with Crippen LogP contribution in [0.3, 0.4) is 0 Å². The summed E-state index contributed by atoms with van der Waals surface area (Å²) in [5.41, 5.74) is 8.49. The van der Waals surface area contributed by atoms with Crippen LogP contribution in [0.15, 0.2) is 30.6 Å². The summed E-state index contributed by atoms with van der Waals surface area (Å²) in [7, 11) is 0. The molecule has 0 fully saturated rings. The lowest BCUT2D eigenvalue weighted by molar-refractivity contribution is -0.118. The number of nitrogens with one attached hydrogen (secondary N) is 3. The Balaban J connectivity index is 1.50. The number of thiazole rings is 1. The minimum atomic E-state index is -0.473. The number of aromatic amines is 1. The van der Waals surface area contributed by atoms with E-state index < -0.39 is 5.91 Å². The van der Waals surface area contributed by atoms with Crippen molar-refractivity contribution in [3.63, 3.8) is 0 Å². The van der Waals surface area contributed by atoms with Gasteiger partial charge in [-0.2, -0.15) is 10.2 Å². The number of rotatable bonds is 6. The van der Waals surface area contributed by atoms with Crippen LogP contribution in [0.5, 0.6) is 0 Å². The van der Waals surface area contributed by atoms with Crippen LogP contribution in [-0.2, 0) is 11.3 Å². The molecule has 0 unspecified atom stereocenters. The highest BCUT2D eigenvalue weighted by Gasteiger charge is 2.15. The van der Waals surface area contributed by atoms with Crippen LogP contribution in [0.2, 0.25) is 0 Å². The molecule has 0 saturated carbocycles. The van der Waals surface area contributed by atoms with Gasteiger partial charge < -0.3 is 16.4 Å². The highest BCUT2D eigenvalue weighted by Crippen LogP contribution is 2.28. The number of hydrogen-bond donors (Lipinski definition) is 4. The van der Waals surface area contributed by atoms with Crippen molar-refractivity contribution < 1.29 is 9.59 Å². The highest BCUT2D eigenvalue weighted by atomic mass is 32.1. The van der Waals surface area contributed by atoms with Gasteiger partial charge >= 0.3 is 0 Å². The van der Waals surface area contributed by atoms with Crippen molar-refractivity contribution in [2.45, 2.75) is 20.4 Å². The average Bonchev–Trinajstić information content (AvgIpc) is 3.38. The molecular weight excluding hydrogens is 392 g/mol. The smallest absolute Gasteiger partial charge is 0.267 e. The Morgan fingerprint density at radius 2 is 2.10 bits per heavy atom. The molecule has 148 valence electrons. The molecule has 4 rings (SSSR count). The van der Waals surface area contributed by atoms with Crippen molar-refractivity contribution in [1.29, 1.82) is 0 Å². The zero-order valence-corrected chi connectivity index (χ0v) is 16.5. The van der Waals surface area contributed by atoms with Gasteiger partial charge in [-0.05, 0) is 25.5 Å². The van der Waals surface area contributed by atoms with Gasteiger partial charge in [-0.15, -0.1) is 0 Å². The van der Waals surface area contributed by atoms with Gasteiger partial charge in [0.2, 0.25) is 5.91 Å². The van der Waals surface area contributed by atoms with E-state index in [4.69, 9.17) is 5.73 Å². The Hall–Kier alpha value is -3.73. The van der Waals surface area contributed by atoms with Crippen LogP contribution < -0.4 is 16.4 Å². The number of anilines is 3. The normalized spacial score (nSPS) is 11.0. The molecule has 3 heterocycles. The molecule has 0 aliphatic heterocycles. The maximum Gasteiger partial charge on any atom is 0.267 e. The Kier molecular flexibility index (Phi) is 4.72. The van der Waals surface area contributed by atoms with Crippen molar-refractivity contribution in [1.82, 2.24) is 25.0 Å². The van der Waals surface area contributed by atoms with Crippen molar-refractivity contribution in [2.75, 3.05) is 10.6 Å². The molecule has 0 aliphatic carbocycles. The average molecular weight is 410 g/mol. The standard InChI is InChI=1S/C18H18N8O2S/c1-9-3-4-12-11(6-21-24-12)16(9)23-17(28)13-7-20-18(29-13)22-15-5-10(2)26(25-15)8-14(19)27/h3-7H,8H2,1-2H3,(H2,19,27)(H,21,24)(H,23,28)(H,20,22,25). The summed E-state index contributed by atoms with van der Waals surface area (Å²) in [5, 5.41) is 18.5. The zero-order chi connectivity index (χ0) is 20.5. The summed E-state index contributed by atoms with van der Waals surface area (Å²) in [6.07, 6.45) is 3.18. The summed E-state index contributed by atoms with van der Waals surface area (Å²) in [5.74, 6) is -0.217. The molecular formula is C18H18N8O2S. The number of carbonyl (C=O) groups is 2. The lowest BCUT2D eigenvalue weighted by Gasteiger charge is -2.08. The molecule has 2 amide bonds. The molecule has 0 saturated heterocycles. The van der Waals surface area contributed by atoms with Gasteiger partial charge in [0, 0.05) is 17.1 Å². The van der Waals surface area contributed by atoms with Gasteiger partial charge in [-0.3, -0.25) is 19.4 Å². The lowest BCUT2D eigenvalue weighted by atomic mass is 10.1. The first-order chi connectivity index (χ1) is 13.9. The number of H-pyrrole nitrogens is 1. The Morgan fingerprint density at radius 1 is 1.28 bits per heavy atom. The number of aromatic nitrogens is 5. The van der Waals surface area contributed by atoms with Crippen LogP contribution in [0.4, 0.5) is 16.6 Å². The predicted molar refractivity (Wildman–Crippen MR) is 110 cm³/mol. The second-order valence-corrected chi connectivity index (χ2v) is 7.52. The molecule has 4 aromatic rings. The fraction of sp³-hybridized carbons (Fsp3) is 0.167. The number of benzene rings is 1. The first-order valence-corrected chi connectivity index (χ1v) is 9.52. The second kappa shape index (κ2) is 7.36. The molecule has 3 aromatic heterocycles. The van der Waals surface area contributed by atoms with Gasteiger partial charge in [0.15, 0.2) is 10.9 Å². The maximum absolute atomic E-state index is 12.7.